The van der Waals surface area contributed by atoms with Gasteiger partial charge in [-0.25, -0.2) is 4.79 Å². The molecule has 1 heterocycles. The van der Waals surface area contributed by atoms with Crippen molar-refractivity contribution in [2.24, 2.45) is 0 Å². The van der Waals surface area contributed by atoms with Crippen molar-refractivity contribution in [2.75, 3.05) is 17.2 Å². The van der Waals surface area contributed by atoms with E-state index in [0.29, 0.717) is 17.8 Å². The number of amides is 3. The van der Waals surface area contributed by atoms with E-state index in [4.69, 9.17) is 0 Å². The van der Waals surface area contributed by atoms with Crippen LogP contribution in [0.15, 0.2) is 24.3 Å². The number of halogens is 1. The largest absolute Gasteiger partial charge is 0.336 e. The Bertz CT molecular complexity index is 531. The molecule has 1 fully saturated rings. The Hall–Kier alpha value is -1.79. The highest BCUT2D eigenvalue weighted by Crippen LogP contribution is 2.21. The van der Waals surface area contributed by atoms with Gasteiger partial charge in [-0.3, -0.25) is 4.79 Å². The highest BCUT2D eigenvalue weighted by molar-refractivity contribution is 5.99. The number of urea groups is 1. The molecule has 0 aromatic heterocycles. The van der Waals surface area contributed by atoms with Crippen LogP contribution in [-0.4, -0.2) is 30.6 Å². The Morgan fingerprint density at radius 2 is 1.87 bits per heavy atom. The molecular formula is C16H25ClN4O2. The van der Waals surface area contributed by atoms with Gasteiger partial charge >= 0.3 is 6.03 Å². The van der Waals surface area contributed by atoms with E-state index in [9.17, 15) is 9.59 Å². The predicted octanol–water partition coefficient (Wildman–Crippen LogP) is 2.72. The fraction of sp³-hybridized carbons (Fsp3) is 0.500. The van der Waals surface area contributed by atoms with Crippen molar-refractivity contribution in [3.63, 3.8) is 0 Å². The number of rotatable bonds is 5. The minimum absolute atomic E-state index is 0. The molecule has 128 valence electrons. The molecule has 0 bridgehead atoms. The average Bonchev–Trinajstić information content (AvgIpc) is 2.92. The van der Waals surface area contributed by atoms with Gasteiger partial charge in [0.25, 0.3) is 0 Å². The molecule has 0 radical (unpaired) electrons. The Morgan fingerprint density at radius 1 is 1.22 bits per heavy atom. The van der Waals surface area contributed by atoms with E-state index in [0.717, 1.165) is 19.4 Å². The number of hydrogen-bond acceptors (Lipinski definition) is 3. The molecule has 1 aliphatic rings. The van der Waals surface area contributed by atoms with Gasteiger partial charge in [-0.1, -0.05) is 12.1 Å². The fourth-order valence-corrected chi connectivity index (χ4v) is 2.48. The molecule has 6 nitrogen and oxygen atoms in total. The first-order valence-electron chi connectivity index (χ1n) is 7.74. The van der Waals surface area contributed by atoms with Crippen molar-refractivity contribution >= 4 is 35.7 Å². The summed E-state index contributed by atoms with van der Waals surface area (Å²) in [7, 11) is 0. The average molecular weight is 341 g/mol. The summed E-state index contributed by atoms with van der Waals surface area (Å²) in [6, 6.07) is 7.22. The van der Waals surface area contributed by atoms with Crippen LogP contribution in [0.1, 0.15) is 33.1 Å². The first-order chi connectivity index (χ1) is 10.5. The minimum atomic E-state index is -0.283. The van der Waals surface area contributed by atoms with Crippen LogP contribution in [0.3, 0.4) is 0 Å². The van der Waals surface area contributed by atoms with Crippen LogP contribution in [0.25, 0.3) is 0 Å². The summed E-state index contributed by atoms with van der Waals surface area (Å²) in [5.41, 5.74) is 1.21. The molecule has 1 unspecified atom stereocenters. The number of carbonyl (C=O) groups excluding carboxylic acids is 2. The minimum Gasteiger partial charge on any atom is -0.336 e. The van der Waals surface area contributed by atoms with Crippen molar-refractivity contribution in [1.82, 2.24) is 10.6 Å². The highest BCUT2D eigenvalue weighted by Gasteiger charge is 2.18. The molecule has 0 saturated carbocycles. The SMILES string of the molecule is CC(C)NC(=O)Nc1ccccc1NC(=O)CC1CCCN1.Cl. The maximum Gasteiger partial charge on any atom is 0.319 e. The molecule has 3 amide bonds. The van der Waals surface area contributed by atoms with Gasteiger partial charge in [0.05, 0.1) is 11.4 Å². The summed E-state index contributed by atoms with van der Waals surface area (Å²) in [6.45, 7) is 4.76. The molecule has 1 aromatic rings. The number of carbonyl (C=O) groups is 2. The van der Waals surface area contributed by atoms with Crippen molar-refractivity contribution < 1.29 is 9.59 Å². The molecule has 1 aliphatic heterocycles. The van der Waals surface area contributed by atoms with E-state index in [1.54, 1.807) is 12.1 Å². The quantitative estimate of drug-likeness (QED) is 0.665. The zero-order chi connectivity index (χ0) is 15.9. The molecule has 2 rings (SSSR count). The lowest BCUT2D eigenvalue weighted by Crippen LogP contribution is -2.34. The zero-order valence-electron chi connectivity index (χ0n) is 13.5. The number of para-hydroxylation sites is 2. The predicted molar refractivity (Wildman–Crippen MR) is 95.3 cm³/mol. The van der Waals surface area contributed by atoms with E-state index in [1.807, 2.05) is 26.0 Å². The topological polar surface area (TPSA) is 82.3 Å². The second-order valence-electron chi connectivity index (χ2n) is 5.84. The Kier molecular flexibility index (Phi) is 7.85. The van der Waals surface area contributed by atoms with Crippen LogP contribution in [0.4, 0.5) is 16.2 Å². The Balaban J connectivity index is 0.00000264. The molecule has 0 aliphatic carbocycles. The molecule has 1 atom stereocenters. The lowest BCUT2D eigenvalue weighted by atomic mass is 10.1. The van der Waals surface area contributed by atoms with Gasteiger partial charge in [-0.05, 0) is 45.4 Å². The van der Waals surface area contributed by atoms with E-state index in [-0.39, 0.29) is 36.4 Å². The lowest BCUT2D eigenvalue weighted by molar-refractivity contribution is -0.116. The molecule has 4 N–H and O–H groups in total. The normalized spacial score (nSPS) is 16.6. The fourth-order valence-electron chi connectivity index (χ4n) is 2.48. The van der Waals surface area contributed by atoms with Gasteiger partial charge in [0.15, 0.2) is 0 Å². The third kappa shape index (κ3) is 6.46. The molecule has 7 heteroatoms. The van der Waals surface area contributed by atoms with E-state index < -0.39 is 0 Å². The summed E-state index contributed by atoms with van der Waals surface area (Å²) in [5.74, 6) is -0.0436. The maximum atomic E-state index is 12.1. The summed E-state index contributed by atoms with van der Waals surface area (Å²) >= 11 is 0. The van der Waals surface area contributed by atoms with Crippen LogP contribution in [-0.2, 0) is 4.79 Å². The van der Waals surface area contributed by atoms with Crippen LogP contribution < -0.4 is 21.3 Å². The first kappa shape index (κ1) is 19.3. The summed E-state index contributed by atoms with van der Waals surface area (Å²) in [5, 5.41) is 11.7. The van der Waals surface area contributed by atoms with Crippen LogP contribution in [0.2, 0.25) is 0 Å². The number of hydrogen-bond donors (Lipinski definition) is 4. The van der Waals surface area contributed by atoms with Crippen LogP contribution in [0.5, 0.6) is 0 Å². The van der Waals surface area contributed by atoms with Crippen molar-refractivity contribution in [3.05, 3.63) is 24.3 Å². The summed E-state index contributed by atoms with van der Waals surface area (Å²) in [4.78, 5) is 23.9. The third-order valence-electron chi connectivity index (χ3n) is 3.46. The van der Waals surface area contributed by atoms with E-state index in [1.165, 1.54) is 0 Å². The van der Waals surface area contributed by atoms with E-state index in [2.05, 4.69) is 21.3 Å². The monoisotopic (exact) mass is 340 g/mol. The van der Waals surface area contributed by atoms with Gasteiger partial charge in [-0.15, -0.1) is 12.4 Å². The number of benzene rings is 1. The Labute approximate surface area is 143 Å². The van der Waals surface area contributed by atoms with E-state index >= 15 is 0 Å². The zero-order valence-corrected chi connectivity index (χ0v) is 14.3. The molecule has 23 heavy (non-hydrogen) atoms. The summed E-state index contributed by atoms with van der Waals surface area (Å²) < 4.78 is 0. The standard InChI is InChI=1S/C16H24N4O2.ClH/c1-11(2)18-16(22)20-14-8-4-3-7-13(14)19-15(21)10-12-6-5-9-17-12;/h3-4,7-8,11-12,17H,5-6,9-10H2,1-2H3,(H,19,21)(H2,18,20,22);1H. The Morgan fingerprint density at radius 3 is 2.43 bits per heavy atom. The lowest BCUT2D eigenvalue weighted by Gasteiger charge is -2.15. The molecule has 1 saturated heterocycles. The van der Waals surface area contributed by atoms with Gasteiger partial charge in [-0.2, -0.15) is 0 Å². The maximum absolute atomic E-state index is 12.1. The second kappa shape index (κ2) is 9.37. The smallest absolute Gasteiger partial charge is 0.319 e. The highest BCUT2D eigenvalue weighted by atomic mass is 35.5. The summed E-state index contributed by atoms with van der Waals surface area (Å²) in [6.07, 6.45) is 2.60. The molecule has 0 spiro atoms. The van der Waals surface area contributed by atoms with Crippen LogP contribution in [0, 0.1) is 0 Å². The van der Waals surface area contributed by atoms with Gasteiger partial charge in [0.2, 0.25) is 5.91 Å². The van der Waals surface area contributed by atoms with Crippen molar-refractivity contribution in [2.45, 2.75) is 45.2 Å². The van der Waals surface area contributed by atoms with Gasteiger partial charge in [0, 0.05) is 18.5 Å². The number of nitrogens with one attached hydrogen (secondary N) is 4. The van der Waals surface area contributed by atoms with Crippen LogP contribution >= 0.6 is 12.4 Å². The third-order valence-corrected chi connectivity index (χ3v) is 3.46. The first-order valence-corrected chi connectivity index (χ1v) is 7.74. The van der Waals surface area contributed by atoms with Gasteiger partial charge < -0.3 is 21.3 Å². The van der Waals surface area contributed by atoms with Crippen molar-refractivity contribution in [3.8, 4) is 0 Å². The van der Waals surface area contributed by atoms with Gasteiger partial charge in [0.1, 0.15) is 0 Å². The number of anilines is 2. The van der Waals surface area contributed by atoms with Crippen molar-refractivity contribution in [1.29, 1.82) is 0 Å². The second-order valence-corrected chi connectivity index (χ2v) is 5.84. The molecular weight excluding hydrogens is 316 g/mol. The molecule has 1 aromatic carbocycles.